The number of ether oxygens (including phenoxy) is 1. The van der Waals surface area contributed by atoms with E-state index in [4.69, 9.17) is 16.3 Å². The van der Waals surface area contributed by atoms with Gasteiger partial charge in [0.15, 0.2) is 0 Å². The zero-order valence-corrected chi connectivity index (χ0v) is 17.1. The van der Waals surface area contributed by atoms with Crippen LogP contribution < -0.4 is 10.3 Å². The zero-order valence-electron chi connectivity index (χ0n) is 16.3. The number of hydrogen-bond donors (Lipinski definition) is 1. The fraction of sp³-hybridized carbons (Fsp3) is 0.348. The van der Waals surface area contributed by atoms with Gasteiger partial charge in [0.2, 0.25) is 0 Å². The van der Waals surface area contributed by atoms with Crippen LogP contribution in [0.25, 0.3) is 10.8 Å². The molecule has 2 heterocycles. The highest BCUT2D eigenvalue weighted by atomic mass is 35.5. The summed E-state index contributed by atoms with van der Waals surface area (Å²) in [4.78, 5) is 17.1. The second kappa shape index (κ2) is 7.98. The third kappa shape index (κ3) is 4.08. The highest BCUT2D eigenvalue weighted by molar-refractivity contribution is 6.31. The Hall–Kier alpha value is -2.30. The molecule has 1 aromatic heterocycles. The normalized spacial score (nSPS) is 15.8. The molecular formula is C23H25ClN2O2. The number of pyridine rings is 1. The van der Waals surface area contributed by atoms with Gasteiger partial charge in [0.1, 0.15) is 11.9 Å². The summed E-state index contributed by atoms with van der Waals surface area (Å²) >= 11 is 6.38. The first-order valence-electron chi connectivity index (χ1n) is 9.76. The maximum absolute atomic E-state index is 11.9. The third-order valence-corrected chi connectivity index (χ3v) is 5.87. The molecule has 1 aliphatic rings. The first kappa shape index (κ1) is 19.0. The van der Waals surface area contributed by atoms with Gasteiger partial charge in [0.25, 0.3) is 5.56 Å². The monoisotopic (exact) mass is 396 g/mol. The lowest BCUT2D eigenvalue weighted by Crippen LogP contribution is -2.37. The number of nitrogens with one attached hydrogen (secondary N) is 1. The number of halogens is 1. The van der Waals surface area contributed by atoms with Crippen molar-refractivity contribution < 1.29 is 4.74 Å². The van der Waals surface area contributed by atoms with Crippen LogP contribution in [0.15, 0.2) is 47.4 Å². The average Bonchev–Trinajstić information content (AvgIpc) is 2.68. The Morgan fingerprint density at radius 3 is 2.64 bits per heavy atom. The number of nitrogens with zero attached hydrogens (tertiary/aromatic N) is 1. The molecule has 3 aromatic rings. The van der Waals surface area contributed by atoms with Crippen molar-refractivity contribution in [1.29, 1.82) is 0 Å². The van der Waals surface area contributed by atoms with Crippen LogP contribution in [0, 0.1) is 13.8 Å². The largest absolute Gasteiger partial charge is 0.490 e. The second-order valence-corrected chi connectivity index (χ2v) is 8.10. The number of benzene rings is 2. The Morgan fingerprint density at radius 1 is 1.11 bits per heavy atom. The Kier molecular flexibility index (Phi) is 5.42. The van der Waals surface area contributed by atoms with Gasteiger partial charge >= 0.3 is 0 Å². The number of rotatable bonds is 4. The summed E-state index contributed by atoms with van der Waals surface area (Å²) in [7, 11) is 0. The van der Waals surface area contributed by atoms with E-state index in [0.717, 1.165) is 54.2 Å². The standard InChI is InChI=1S/C23H25ClN2O2/c1-15-3-4-17(22(24)11-15)14-26-9-7-18(8-10-26)28-19-5-6-20-21(12-19)16(2)13-25-23(20)27/h3-6,11-13,18H,7-10,14H2,1-2H3,(H,25,27). The lowest BCUT2D eigenvalue weighted by molar-refractivity contribution is 0.0969. The van der Waals surface area contributed by atoms with E-state index in [1.54, 1.807) is 6.20 Å². The minimum absolute atomic E-state index is 0.0600. The molecule has 2 aromatic carbocycles. The summed E-state index contributed by atoms with van der Waals surface area (Å²) < 4.78 is 6.23. The number of aromatic amines is 1. The number of likely N-dealkylation sites (tertiary alicyclic amines) is 1. The van der Waals surface area contributed by atoms with Gasteiger partial charge in [0, 0.05) is 36.2 Å². The Bertz CT molecular complexity index is 1050. The molecule has 0 amide bonds. The van der Waals surface area contributed by atoms with Crippen molar-refractivity contribution in [3.63, 3.8) is 0 Å². The average molecular weight is 397 g/mol. The molecule has 0 saturated carbocycles. The number of H-pyrrole nitrogens is 1. The smallest absolute Gasteiger partial charge is 0.255 e. The van der Waals surface area contributed by atoms with E-state index in [0.29, 0.717) is 5.39 Å². The van der Waals surface area contributed by atoms with Gasteiger partial charge in [-0.2, -0.15) is 0 Å². The molecule has 1 aliphatic heterocycles. The first-order chi connectivity index (χ1) is 13.5. The summed E-state index contributed by atoms with van der Waals surface area (Å²) in [6, 6.07) is 12.0. The fourth-order valence-electron chi connectivity index (χ4n) is 3.85. The zero-order chi connectivity index (χ0) is 19.7. The summed E-state index contributed by atoms with van der Waals surface area (Å²) in [6.07, 6.45) is 3.92. The highest BCUT2D eigenvalue weighted by Gasteiger charge is 2.21. The molecule has 4 nitrogen and oxygen atoms in total. The van der Waals surface area contributed by atoms with E-state index >= 15 is 0 Å². The molecule has 4 rings (SSSR count). The van der Waals surface area contributed by atoms with Gasteiger partial charge in [0.05, 0.1) is 0 Å². The van der Waals surface area contributed by atoms with Crippen LogP contribution in [0.4, 0.5) is 0 Å². The van der Waals surface area contributed by atoms with E-state index < -0.39 is 0 Å². The summed E-state index contributed by atoms with van der Waals surface area (Å²) in [5.41, 5.74) is 3.36. The molecular weight excluding hydrogens is 372 g/mol. The first-order valence-corrected chi connectivity index (χ1v) is 10.1. The predicted octanol–water partition coefficient (Wildman–Crippen LogP) is 4.84. The van der Waals surface area contributed by atoms with Crippen molar-refractivity contribution in [2.75, 3.05) is 13.1 Å². The van der Waals surface area contributed by atoms with Crippen molar-refractivity contribution in [2.24, 2.45) is 0 Å². The number of fused-ring (bicyclic) bond motifs is 1. The molecule has 1 saturated heterocycles. The van der Waals surface area contributed by atoms with Gasteiger partial charge in [-0.25, -0.2) is 0 Å². The van der Waals surface area contributed by atoms with E-state index in [1.165, 1.54) is 11.1 Å². The summed E-state index contributed by atoms with van der Waals surface area (Å²) in [5.74, 6) is 0.834. The number of aromatic nitrogens is 1. The quantitative estimate of drug-likeness (QED) is 0.686. The number of piperidine rings is 1. The molecule has 0 radical (unpaired) electrons. The van der Waals surface area contributed by atoms with Crippen molar-refractivity contribution in [1.82, 2.24) is 9.88 Å². The molecule has 146 valence electrons. The van der Waals surface area contributed by atoms with Crippen LogP contribution in [0.5, 0.6) is 5.75 Å². The predicted molar refractivity (Wildman–Crippen MR) is 114 cm³/mol. The molecule has 1 fully saturated rings. The topological polar surface area (TPSA) is 45.3 Å². The molecule has 5 heteroatoms. The van der Waals surface area contributed by atoms with Crippen LogP contribution in [0.1, 0.15) is 29.5 Å². The second-order valence-electron chi connectivity index (χ2n) is 7.70. The minimum Gasteiger partial charge on any atom is -0.490 e. The molecule has 0 atom stereocenters. The third-order valence-electron chi connectivity index (χ3n) is 5.52. The van der Waals surface area contributed by atoms with Gasteiger partial charge in [-0.05, 0) is 73.0 Å². The molecule has 1 N–H and O–H groups in total. The van der Waals surface area contributed by atoms with E-state index in [2.05, 4.69) is 28.9 Å². The van der Waals surface area contributed by atoms with Gasteiger partial charge in [-0.1, -0.05) is 23.7 Å². The van der Waals surface area contributed by atoms with Crippen LogP contribution in [-0.2, 0) is 6.54 Å². The molecule has 0 aliphatic carbocycles. The Balaban J connectivity index is 1.38. The van der Waals surface area contributed by atoms with Crippen molar-refractivity contribution in [3.8, 4) is 5.75 Å². The lowest BCUT2D eigenvalue weighted by atomic mass is 10.1. The maximum Gasteiger partial charge on any atom is 0.255 e. The van der Waals surface area contributed by atoms with Gasteiger partial charge in [-0.15, -0.1) is 0 Å². The SMILES string of the molecule is Cc1ccc(CN2CCC(Oc3ccc4c(=O)[nH]cc(C)c4c3)CC2)c(Cl)c1. The van der Waals surface area contributed by atoms with Crippen molar-refractivity contribution >= 4 is 22.4 Å². The molecule has 0 unspecified atom stereocenters. The van der Waals surface area contributed by atoms with Crippen LogP contribution in [0.2, 0.25) is 5.02 Å². The van der Waals surface area contributed by atoms with Crippen molar-refractivity contribution in [2.45, 2.75) is 39.3 Å². The molecule has 28 heavy (non-hydrogen) atoms. The van der Waals surface area contributed by atoms with Crippen LogP contribution in [0.3, 0.4) is 0 Å². The highest BCUT2D eigenvalue weighted by Crippen LogP contribution is 2.26. The van der Waals surface area contributed by atoms with E-state index in [1.807, 2.05) is 31.2 Å². The number of hydrogen-bond acceptors (Lipinski definition) is 3. The molecule has 0 bridgehead atoms. The Morgan fingerprint density at radius 2 is 1.89 bits per heavy atom. The van der Waals surface area contributed by atoms with Crippen LogP contribution in [-0.4, -0.2) is 29.1 Å². The van der Waals surface area contributed by atoms with E-state index in [-0.39, 0.29) is 11.7 Å². The summed E-state index contributed by atoms with van der Waals surface area (Å²) in [5, 5.41) is 2.50. The van der Waals surface area contributed by atoms with Crippen LogP contribution >= 0.6 is 11.6 Å². The number of aryl methyl sites for hydroxylation is 2. The maximum atomic E-state index is 11.9. The van der Waals surface area contributed by atoms with E-state index in [9.17, 15) is 4.79 Å². The Labute approximate surface area is 170 Å². The van der Waals surface area contributed by atoms with Gasteiger partial charge in [-0.3, -0.25) is 9.69 Å². The van der Waals surface area contributed by atoms with Crippen molar-refractivity contribution in [3.05, 3.63) is 74.7 Å². The fourth-order valence-corrected chi connectivity index (χ4v) is 4.14. The van der Waals surface area contributed by atoms with Gasteiger partial charge < -0.3 is 9.72 Å². The minimum atomic E-state index is -0.0600. The molecule has 0 spiro atoms. The lowest BCUT2D eigenvalue weighted by Gasteiger charge is -2.32. The summed E-state index contributed by atoms with van der Waals surface area (Å²) in [6.45, 7) is 6.91.